The van der Waals surface area contributed by atoms with Gasteiger partial charge in [-0.05, 0) is 36.8 Å². The van der Waals surface area contributed by atoms with Gasteiger partial charge in [-0.2, -0.15) is 0 Å². The summed E-state index contributed by atoms with van der Waals surface area (Å²) in [5, 5.41) is 12.1. The lowest BCUT2D eigenvalue weighted by Crippen LogP contribution is -2.24. The lowest BCUT2D eigenvalue weighted by molar-refractivity contribution is 0.0698. The molecule has 1 aromatic rings. The number of hydrogen-bond acceptors (Lipinski definition) is 3. The molecule has 1 aliphatic rings. The molecule has 0 spiro atoms. The molecule has 1 saturated carbocycles. The van der Waals surface area contributed by atoms with Crippen molar-refractivity contribution in [2.75, 3.05) is 11.1 Å². The van der Waals surface area contributed by atoms with Crippen molar-refractivity contribution in [1.82, 2.24) is 0 Å². The molecule has 0 aromatic heterocycles. The Morgan fingerprint density at radius 2 is 2.11 bits per heavy atom. The van der Waals surface area contributed by atoms with E-state index in [1.54, 1.807) is 0 Å². The maximum atomic E-state index is 13.8. The SMILES string of the molecule is CC1CCC(Nc2cc(C(=O)O)c(N)cc2F)C1C. The topological polar surface area (TPSA) is 75.3 Å². The Kier molecular flexibility index (Phi) is 3.64. The second-order valence-electron chi connectivity index (χ2n) is 5.39. The number of anilines is 2. The highest BCUT2D eigenvalue weighted by molar-refractivity contribution is 5.94. The number of aromatic carboxylic acids is 1. The molecule has 3 atom stereocenters. The molecule has 1 aromatic carbocycles. The molecule has 0 bridgehead atoms. The van der Waals surface area contributed by atoms with E-state index in [0.717, 1.165) is 18.9 Å². The highest BCUT2D eigenvalue weighted by Crippen LogP contribution is 2.34. The van der Waals surface area contributed by atoms with E-state index in [1.807, 2.05) is 0 Å². The molecular weight excluding hydrogens is 247 g/mol. The van der Waals surface area contributed by atoms with Gasteiger partial charge in [0.1, 0.15) is 5.82 Å². The number of hydrogen-bond donors (Lipinski definition) is 3. The quantitative estimate of drug-likeness (QED) is 0.735. The summed E-state index contributed by atoms with van der Waals surface area (Å²) >= 11 is 0. The summed E-state index contributed by atoms with van der Waals surface area (Å²) in [6.07, 6.45) is 2.07. The summed E-state index contributed by atoms with van der Waals surface area (Å²) in [7, 11) is 0. The summed E-state index contributed by atoms with van der Waals surface area (Å²) < 4.78 is 13.8. The first kappa shape index (κ1) is 13.6. The van der Waals surface area contributed by atoms with Gasteiger partial charge in [-0.15, -0.1) is 0 Å². The third kappa shape index (κ3) is 2.64. The summed E-state index contributed by atoms with van der Waals surface area (Å²) in [4.78, 5) is 11.0. The van der Waals surface area contributed by atoms with Crippen LogP contribution in [0.25, 0.3) is 0 Å². The number of rotatable bonds is 3. The molecule has 1 aliphatic carbocycles. The van der Waals surface area contributed by atoms with E-state index in [9.17, 15) is 9.18 Å². The lowest BCUT2D eigenvalue weighted by atomic mass is 9.97. The van der Waals surface area contributed by atoms with Crippen LogP contribution in [0.15, 0.2) is 12.1 Å². The van der Waals surface area contributed by atoms with Crippen LogP contribution in [-0.2, 0) is 0 Å². The Labute approximate surface area is 111 Å². The van der Waals surface area contributed by atoms with Crippen molar-refractivity contribution < 1.29 is 14.3 Å². The maximum Gasteiger partial charge on any atom is 0.337 e. The Balaban J connectivity index is 2.25. The zero-order valence-corrected chi connectivity index (χ0v) is 11.1. The normalized spacial score (nSPS) is 26.4. The Bertz CT molecular complexity index is 504. The van der Waals surface area contributed by atoms with Gasteiger partial charge in [0.25, 0.3) is 0 Å². The predicted molar refractivity (Wildman–Crippen MR) is 72.7 cm³/mol. The van der Waals surface area contributed by atoms with Gasteiger partial charge in [0.2, 0.25) is 0 Å². The smallest absolute Gasteiger partial charge is 0.337 e. The van der Waals surface area contributed by atoms with E-state index >= 15 is 0 Å². The summed E-state index contributed by atoms with van der Waals surface area (Å²) in [6, 6.07) is 2.52. The maximum absolute atomic E-state index is 13.8. The van der Waals surface area contributed by atoms with Crippen LogP contribution >= 0.6 is 0 Å². The first-order valence-electron chi connectivity index (χ1n) is 6.49. The van der Waals surface area contributed by atoms with Gasteiger partial charge in [-0.25, -0.2) is 9.18 Å². The van der Waals surface area contributed by atoms with E-state index in [4.69, 9.17) is 10.8 Å². The number of halogens is 1. The molecule has 4 N–H and O–H groups in total. The highest BCUT2D eigenvalue weighted by atomic mass is 19.1. The van der Waals surface area contributed by atoms with Gasteiger partial charge in [0.05, 0.1) is 11.3 Å². The molecule has 3 unspecified atom stereocenters. The van der Waals surface area contributed by atoms with Gasteiger partial charge in [-0.1, -0.05) is 13.8 Å². The van der Waals surface area contributed by atoms with Gasteiger partial charge in [-0.3, -0.25) is 0 Å². The van der Waals surface area contributed by atoms with Crippen molar-refractivity contribution in [1.29, 1.82) is 0 Å². The number of carbonyl (C=O) groups is 1. The van der Waals surface area contributed by atoms with Crippen molar-refractivity contribution in [3.8, 4) is 0 Å². The fourth-order valence-electron chi connectivity index (χ4n) is 2.65. The molecule has 104 valence electrons. The number of carboxylic acid groups (broad SMARTS) is 1. The first-order valence-corrected chi connectivity index (χ1v) is 6.49. The molecule has 1 fully saturated rings. The Hall–Kier alpha value is -1.78. The minimum atomic E-state index is -1.15. The number of nitrogen functional groups attached to an aromatic ring is 1. The van der Waals surface area contributed by atoms with Crippen LogP contribution in [0.2, 0.25) is 0 Å². The molecule has 4 nitrogen and oxygen atoms in total. The standard InChI is InChI=1S/C14H19FN2O2/c1-7-3-4-12(8(7)2)17-13-5-9(14(18)19)11(16)6-10(13)15/h5-8,12,17H,3-4,16H2,1-2H3,(H,18,19). The molecule has 0 radical (unpaired) electrons. The lowest BCUT2D eigenvalue weighted by Gasteiger charge is -2.21. The summed E-state index contributed by atoms with van der Waals surface area (Å²) in [6.45, 7) is 4.30. The van der Waals surface area contributed by atoms with E-state index < -0.39 is 11.8 Å². The molecule has 19 heavy (non-hydrogen) atoms. The van der Waals surface area contributed by atoms with Gasteiger partial charge >= 0.3 is 5.97 Å². The zero-order chi connectivity index (χ0) is 14.2. The molecule has 5 heteroatoms. The fourth-order valence-corrected chi connectivity index (χ4v) is 2.65. The molecule has 0 heterocycles. The molecule has 0 saturated heterocycles. The molecular formula is C14H19FN2O2. The van der Waals surface area contributed by atoms with Gasteiger partial charge in [0.15, 0.2) is 0 Å². The van der Waals surface area contributed by atoms with Crippen LogP contribution in [-0.4, -0.2) is 17.1 Å². The van der Waals surface area contributed by atoms with Crippen LogP contribution in [0.3, 0.4) is 0 Å². The van der Waals surface area contributed by atoms with Gasteiger partial charge in [0, 0.05) is 11.7 Å². The van der Waals surface area contributed by atoms with Crippen LogP contribution in [0.1, 0.15) is 37.0 Å². The van der Waals surface area contributed by atoms with Crippen molar-refractivity contribution in [3.63, 3.8) is 0 Å². The number of benzene rings is 1. The first-order chi connectivity index (χ1) is 8.90. The minimum Gasteiger partial charge on any atom is -0.478 e. The summed E-state index contributed by atoms with van der Waals surface area (Å²) in [5.41, 5.74) is 5.60. The average Bonchev–Trinajstić information content (AvgIpc) is 2.64. The van der Waals surface area contributed by atoms with E-state index in [-0.39, 0.29) is 23.0 Å². The van der Waals surface area contributed by atoms with Gasteiger partial charge < -0.3 is 16.2 Å². The third-order valence-electron chi connectivity index (χ3n) is 4.18. The fraction of sp³-hybridized carbons (Fsp3) is 0.500. The molecule has 2 rings (SSSR count). The largest absolute Gasteiger partial charge is 0.478 e. The average molecular weight is 266 g/mol. The van der Waals surface area contributed by atoms with Crippen molar-refractivity contribution in [3.05, 3.63) is 23.5 Å². The van der Waals surface area contributed by atoms with Crippen LogP contribution < -0.4 is 11.1 Å². The number of carboxylic acids is 1. The van der Waals surface area contributed by atoms with Crippen molar-refractivity contribution >= 4 is 17.3 Å². The number of nitrogens with one attached hydrogen (secondary N) is 1. The molecule has 0 aliphatic heterocycles. The van der Waals surface area contributed by atoms with Crippen molar-refractivity contribution in [2.24, 2.45) is 11.8 Å². The monoisotopic (exact) mass is 266 g/mol. The van der Waals surface area contributed by atoms with E-state index in [1.165, 1.54) is 6.07 Å². The van der Waals surface area contributed by atoms with Crippen molar-refractivity contribution in [2.45, 2.75) is 32.7 Å². The van der Waals surface area contributed by atoms with Crippen LogP contribution in [0.4, 0.5) is 15.8 Å². The second kappa shape index (κ2) is 5.07. The predicted octanol–water partition coefficient (Wildman–Crippen LogP) is 2.95. The summed E-state index contributed by atoms with van der Waals surface area (Å²) in [5.74, 6) is -0.624. The highest BCUT2D eigenvalue weighted by Gasteiger charge is 2.30. The van der Waals surface area contributed by atoms with E-state index in [2.05, 4.69) is 19.2 Å². The second-order valence-corrected chi connectivity index (χ2v) is 5.39. The minimum absolute atomic E-state index is 0.0524. The van der Waals surface area contributed by atoms with Crippen LogP contribution in [0, 0.1) is 17.7 Å². The Morgan fingerprint density at radius 1 is 1.42 bits per heavy atom. The Morgan fingerprint density at radius 3 is 2.63 bits per heavy atom. The van der Waals surface area contributed by atoms with E-state index in [0.29, 0.717) is 11.8 Å². The van der Waals surface area contributed by atoms with Crippen LogP contribution in [0.5, 0.6) is 0 Å². The third-order valence-corrected chi connectivity index (χ3v) is 4.18. The zero-order valence-electron chi connectivity index (χ0n) is 11.1. The number of nitrogens with two attached hydrogens (primary N) is 1. The molecule has 0 amide bonds.